The molecule has 1 fully saturated rings. The van der Waals surface area contributed by atoms with Crippen LogP contribution in [-0.2, 0) is 16.6 Å². The zero-order valence-corrected chi connectivity index (χ0v) is 15.1. The number of thiophene rings is 1. The molecule has 0 bridgehead atoms. The highest BCUT2D eigenvalue weighted by Crippen LogP contribution is 2.27. The number of rotatable bonds is 7. The fourth-order valence-corrected chi connectivity index (χ4v) is 6.44. The lowest BCUT2D eigenvalue weighted by Gasteiger charge is -2.22. The summed E-state index contributed by atoms with van der Waals surface area (Å²) >= 11 is 3.39. The van der Waals surface area contributed by atoms with E-state index in [-0.39, 0.29) is 6.04 Å². The van der Waals surface area contributed by atoms with Gasteiger partial charge in [0.25, 0.3) is 0 Å². The van der Waals surface area contributed by atoms with Crippen molar-refractivity contribution < 1.29 is 8.42 Å². The topological polar surface area (TPSA) is 58.2 Å². The minimum atomic E-state index is -3.38. The van der Waals surface area contributed by atoms with Crippen LogP contribution in [0.3, 0.4) is 0 Å². The van der Waals surface area contributed by atoms with Gasteiger partial charge in [-0.05, 0) is 44.6 Å². The molecule has 1 saturated heterocycles. The van der Waals surface area contributed by atoms with E-state index in [1.807, 2.05) is 24.8 Å². The first-order chi connectivity index (χ1) is 10.0. The predicted octanol–water partition coefficient (Wildman–Crippen LogP) is 2.73. The molecule has 4 nitrogen and oxygen atoms in total. The standard InChI is InChI=1S/C14H24N2O2S3/c1-3-6-15-9-13-8-14(11(2)20-13)21(17,18)16-12-5-4-7-19-10-12/h8,12,15-16H,3-7,9-10H2,1-2H3. The van der Waals surface area contributed by atoms with Crippen molar-refractivity contribution in [2.24, 2.45) is 0 Å². The molecule has 0 radical (unpaired) electrons. The van der Waals surface area contributed by atoms with Gasteiger partial charge in [-0.15, -0.1) is 11.3 Å². The van der Waals surface area contributed by atoms with Crippen molar-refractivity contribution in [3.63, 3.8) is 0 Å². The van der Waals surface area contributed by atoms with Gasteiger partial charge in [0.15, 0.2) is 0 Å². The minimum Gasteiger partial charge on any atom is -0.312 e. The molecule has 1 aliphatic rings. The molecule has 1 unspecified atom stereocenters. The Balaban J connectivity index is 2.04. The molecule has 7 heteroatoms. The average molecular weight is 349 g/mol. The molecule has 0 aromatic carbocycles. The van der Waals surface area contributed by atoms with E-state index < -0.39 is 10.0 Å². The van der Waals surface area contributed by atoms with Crippen LogP contribution in [0.25, 0.3) is 0 Å². The van der Waals surface area contributed by atoms with Gasteiger partial charge in [0, 0.05) is 28.1 Å². The molecule has 1 aromatic heterocycles. The summed E-state index contributed by atoms with van der Waals surface area (Å²) in [7, 11) is -3.38. The zero-order chi connectivity index (χ0) is 15.3. The maximum atomic E-state index is 12.5. The van der Waals surface area contributed by atoms with E-state index in [4.69, 9.17) is 0 Å². The van der Waals surface area contributed by atoms with E-state index in [1.165, 1.54) is 0 Å². The molecule has 0 amide bonds. The summed E-state index contributed by atoms with van der Waals surface area (Å²) in [5, 5.41) is 3.32. The van der Waals surface area contributed by atoms with Gasteiger partial charge in [-0.2, -0.15) is 11.8 Å². The Kier molecular flexibility index (Phi) is 6.55. The molecule has 0 spiro atoms. The lowest BCUT2D eigenvalue weighted by atomic mass is 10.2. The van der Waals surface area contributed by atoms with Crippen molar-refractivity contribution in [1.29, 1.82) is 0 Å². The third kappa shape index (κ3) is 4.96. The second-order valence-corrected chi connectivity index (χ2v) is 9.52. The largest absolute Gasteiger partial charge is 0.312 e. The van der Waals surface area contributed by atoms with Gasteiger partial charge in [0.2, 0.25) is 10.0 Å². The molecule has 1 atom stereocenters. The molecule has 21 heavy (non-hydrogen) atoms. The van der Waals surface area contributed by atoms with Crippen LogP contribution in [0.15, 0.2) is 11.0 Å². The van der Waals surface area contributed by atoms with Crippen LogP contribution < -0.4 is 10.0 Å². The van der Waals surface area contributed by atoms with Gasteiger partial charge in [-0.3, -0.25) is 0 Å². The average Bonchev–Trinajstić information content (AvgIpc) is 2.82. The molecule has 0 saturated carbocycles. The zero-order valence-electron chi connectivity index (χ0n) is 12.6. The van der Waals surface area contributed by atoms with E-state index in [1.54, 1.807) is 11.3 Å². The third-order valence-electron chi connectivity index (χ3n) is 3.42. The van der Waals surface area contributed by atoms with Gasteiger partial charge >= 0.3 is 0 Å². The summed E-state index contributed by atoms with van der Waals surface area (Å²) in [5.41, 5.74) is 0. The molecular weight excluding hydrogens is 324 g/mol. The second kappa shape index (κ2) is 7.97. The van der Waals surface area contributed by atoms with E-state index >= 15 is 0 Å². The highest BCUT2D eigenvalue weighted by molar-refractivity contribution is 7.99. The van der Waals surface area contributed by atoms with Crippen LogP contribution in [0.2, 0.25) is 0 Å². The highest BCUT2D eigenvalue weighted by Gasteiger charge is 2.24. The van der Waals surface area contributed by atoms with Gasteiger partial charge in [0.05, 0.1) is 4.90 Å². The molecule has 0 aliphatic carbocycles. The van der Waals surface area contributed by atoms with E-state index in [0.717, 1.165) is 53.6 Å². The van der Waals surface area contributed by atoms with Crippen molar-refractivity contribution in [3.05, 3.63) is 15.8 Å². The van der Waals surface area contributed by atoms with E-state index in [0.29, 0.717) is 4.90 Å². The van der Waals surface area contributed by atoms with Gasteiger partial charge in [-0.1, -0.05) is 6.92 Å². The Morgan fingerprint density at radius 1 is 1.43 bits per heavy atom. The maximum Gasteiger partial charge on any atom is 0.241 e. The number of sulfonamides is 1. The van der Waals surface area contributed by atoms with Crippen molar-refractivity contribution in [2.45, 2.75) is 50.6 Å². The van der Waals surface area contributed by atoms with Gasteiger partial charge < -0.3 is 5.32 Å². The quantitative estimate of drug-likeness (QED) is 0.744. The van der Waals surface area contributed by atoms with Crippen LogP contribution in [0.1, 0.15) is 35.9 Å². The first-order valence-corrected chi connectivity index (χ1v) is 10.9. The van der Waals surface area contributed by atoms with Crippen LogP contribution in [0, 0.1) is 6.92 Å². The lowest BCUT2D eigenvalue weighted by Crippen LogP contribution is -2.38. The Labute approximate surface area is 136 Å². The first kappa shape index (κ1) is 17.3. The number of hydrogen-bond donors (Lipinski definition) is 2. The van der Waals surface area contributed by atoms with Crippen molar-refractivity contribution in [2.75, 3.05) is 18.1 Å². The second-order valence-electron chi connectivity index (χ2n) is 5.35. The summed E-state index contributed by atoms with van der Waals surface area (Å²) in [6.45, 7) is 5.71. The van der Waals surface area contributed by atoms with Crippen LogP contribution in [0.4, 0.5) is 0 Å². The fraction of sp³-hybridized carbons (Fsp3) is 0.714. The molecule has 2 N–H and O–H groups in total. The van der Waals surface area contributed by atoms with Crippen molar-refractivity contribution in [3.8, 4) is 0 Å². The molecule has 1 aromatic rings. The first-order valence-electron chi connectivity index (χ1n) is 7.43. The maximum absolute atomic E-state index is 12.5. The number of nitrogens with one attached hydrogen (secondary N) is 2. The van der Waals surface area contributed by atoms with Gasteiger partial charge in [-0.25, -0.2) is 13.1 Å². The number of hydrogen-bond acceptors (Lipinski definition) is 5. The summed E-state index contributed by atoms with van der Waals surface area (Å²) in [6.07, 6.45) is 3.11. The van der Waals surface area contributed by atoms with E-state index in [2.05, 4.69) is 17.0 Å². The Bertz CT molecular complexity index is 549. The normalized spacial score (nSPS) is 19.8. The number of thioether (sulfide) groups is 1. The van der Waals surface area contributed by atoms with Gasteiger partial charge in [0.1, 0.15) is 0 Å². The number of aryl methyl sites for hydroxylation is 1. The van der Waals surface area contributed by atoms with E-state index in [9.17, 15) is 8.42 Å². The summed E-state index contributed by atoms with van der Waals surface area (Å²) < 4.78 is 27.9. The molecule has 2 rings (SSSR count). The highest BCUT2D eigenvalue weighted by atomic mass is 32.2. The summed E-state index contributed by atoms with van der Waals surface area (Å²) in [4.78, 5) is 2.41. The Morgan fingerprint density at radius 3 is 2.90 bits per heavy atom. The van der Waals surface area contributed by atoms with Crippen molar-refractivity contribution >= 4 is 33.1 Å². The van der Waals surface area contributed by atoms with Crippen LogP contribution >= 0.6 is 23.1 Å². The minimum absolute atomic E-state index is 0.0784. The third-order valence-corrected chi connectivity index (χ3v) is 7.46. The van der Waals surface area contributed by atoms with Crippen molar-refractivity contribution in [1.82, 2.24) is 10.0 Å². The molecule has 120 valence electrons. The summed E-state index contributed by atoms with van der Waals surface area (Å²) in [5.74, 6) is 2.02. The fourth-order valence-electron chi connectivity index (χ4n) is 2.38. The van der Waals surface area contributed by atoms with Crippen LogP contribution in [0.5, 0.6) is 0 Å². The Hall–Kier alpha value is -0.0800. The smallest absolute Gasteiger partial charge is 0.241 e. The molecule has 1 aliphatic heterocycles. The SMILES string of the molecule is CCCNCc1cc(S(=O)(=O)NC2CCCSC2)c(C)s1. The lowest BCUT2D eigenvalue weighted by molar-refractivity contribution is 0.543. The molecular formula is C14H24N2O2S3. The monoisotopic (exact) mass is 348 g/mol. The van der Waals surface area contributed by atoms with Crippen LogP contribution in [-0.4, -0.2) is 32.5 Å². The Morgan fingerprint density at radius 2 is 2.24 bits per heavy atom. The predicted molar refractivity (Wildman–Crippen MR) is 91.7 cm³/mol. The molecule has 2 heterocycles. The summed E-state index contributed by atoms with van der Waals surface area (Å²) in [6, 6.07) is 1.90.